The lowest BCUT2D eigenvalue weighted by atomic mass is 10.2. The molecule has 0 radical (unpaired) electrons. The number of hydrogen-bond acceptors (Lipinski definition) is 7. The third kappa shape index (κ3) is 5.23. The molecule has 1 aliphatic heterocycles. The zero-order valence-electron chi connectivity index (χ0n) is 15.3. The van der Waals surface area contributed by atoms with Gasteiger partial charge in [0.15, 0.2) is 6.61 Å². The first-order valence-corrected chi connectivity index (χ1v) is 8.76. The summed E-state index contributed by atoms with van der Waals surface area (Å²) in [7, 11) is 1.67. The van der Waals surface area contributed by atoms with Crippen molar-refractivity contribution in [1.29, 1.82) is 0 Å². The SMILES string of the molecule is CO[C@H]1C[C@@H](CN)N(c2cc(Nc3cccc(OCC(F)(F)F)c3)ncn2)C1. The number of rotatable bonds is 7. The molecule has 0 amide bonds. The summed E-state index contributed by atoms with van der Waals surface area (Å²) in [5, 5.41) is 3.06. The van der Waals surface area contributed by atoms with Crippen molar-refractivity contribution in [1.82, 2.24) is 9.97 Å². The van der Waals surface area contributed by atoms with E-state index in [1.165, 1.54) is 18.5 Å². The summed E-state index contributed by atoms with van der Waals surface area (Å²) in [6, 6.07) is 8.14. The van der Waals surface area contributed by atoms with Crippen LogP contribution >= 0.6 is 0 Å². The minimum absolute atomic E-state index is 0.0855. The first kappa shape index (κ1) is 20.2. The number of halogens is 3. The molecule has 2 aromatic rings. The molecule has 28 heavy (non-hydrogen) atoms. The second-order valence-electron chi connectivity index (χ2n) is 6.45. The normalized spacial score (nSPS) is 19.7. The van der Waals surface area contributed by atoms with Crippen LogP contribution in [0.2, 0.25) is 0 Å². The molecule has 0 aliphatic carbocycles. The minimum Gasteiger partial charge on any atom is -0.484 e. The largest absolute Gasteiger partial charge is 0.484 e. The predicted molar refractivity (Wildman–Crippen MR) is 98.9 cm³/mol. The Morgan fingerprint density at radius 2 is 2.11 bits per heavy atom. The quantitative estimate of drug-likeness (QED) is 0.743. The monoisotopic (exact) mass is 397 g/mol. The number of benzene rings is 1. The van der Waals surface area contributed by atoms with Gasteiger partial charge in [-0.25, -0.2) is 9.97 Å². The maximum atomic E-state index is 12.3. The Morgan fingerprint density at radius 3 is 2.82 bits per heavy atom. The van der Waals surface area contributed by atoms with E-state index in [1.54, 1.807) is 25.3 Å². The van der Waals surface area contributed by atoms with Gasteiger partial charge in [-0.2, -0.15) is 13.2 Å². The topological polar surface area (TPSA) is 85.5 Å². The molecule has 7 nitrogen and oxygen atoms in total. The third-order valence-electron chi connectivity index (χ3n) is 4.44. The van der Waals surface area contributed by atoms with Crippen molar-refractivity contribution in [3.05, 3.63) is 36.7 Å². The van der Waals surface area contributed by atoms with E-state index in [0.29, 0.717) is 30.4 Å². The van der Waals surface area contributed by atoms with Gasteiger partial charge in [-0.05, 0) is 18.6 Å². The Morgan fingerprint density at radius 1 is 1.29 bits per heavy atom. The molecule has 1 aromatic heterocycles. The van der Waals surface area contributed by atoms with Crippen molar-refractivity contribution in [2.75, 3.05) is 37.0 Å². The summed E-state index contributed by atoms with van der Waals surface area (Å²) in [6.07, 6.45) is -2.06. The van der Waals surface area contributed by atoms with E-state index in [4.69, 9.17) is 15.2 Å². The van der Waals surface area contributed by atoms with Crippen molar-refractivity contribution < 1.29 is 22.6 Å². The van der Waals surface area contributed by atoms with Gasteiger partial charge in [0, 0.05) is 44.1 Å². The van der Waals surface area contributed by atoms with Crippen molar-refractivity contribution in [3.63, 3.8) is 0 Å². The van der Waals surface area contributed by atoms with Crippen LogP contribution in [0.1, 0.15) is 6.42 Å². The van der Waals surface area contributed by atoms with Gasteiger partial charge in [0.05, 0.1) is 6.10 Å². The van der Waals surface area contributed by atoms with E-state index in [1.807, 2.05) is 0 Å². The lowest BCUT2D eigenvalue weighted by Crippen LogP contribution is -2.36. The highest BCUT2D eigenvalue weighted by atomic mass is 19.4. The maximum absolute atomic E-state index is 12.3. The number of anilines is 3. The van der Waals surface area contributed by atoms with Gasteiger partial charge in [0.25, 0.3) is 0 Å². The van der Waals surface area contributed by atoms with Crippen LogP contribution in [-0.4, -0.2) is 55.1 Å². The van der Waals surface area contributed by atoms with Crippen LogP contribution in [0.3, 0.4) is 0 Å². The molecule has 0 spiro atoms. The number of hydrogen-bond donors (Lipinski definition) is 2. The highest BCUT2D eigenvalue weighted by molar-refractivity contribution is 5.61. The average Bonchev–Trinajstić information content (AvgIpc) is 3.10. The van der Waals surface area contributed by atoms with E-state index in [2.05, 4.69) is 20.2 Å². The molecule has 1 aromatic carbocycles. The Balaban J connectivity index is 1.71. The number of nitrogens with two attached hydrogens (primary N) is 1. The molecule has 152 valence electrons. The Labute approximate surface area is 160 Å². The zero-order valence-corrected chi connectivity index (χ0v) is 15.3. The van der Waals surface area contributed by atoms with Gasteiger partial charge in [-0.15, -0.1) is 0 Å². The molecular weight excluding hydrogens is 375 g/mol. The van der Waals surface area contributed by atoms with Crippen LogP contribution in [-0.2, 0) is 4.74 Å². The van der Waals surface area contributed by atoms with Crippen LogP contribution in [0.4, 0.5) is 30.5 Å². The third-order valence-corrected chi connectivity index (χ3v) is 4.44. The number of nitrogens with zero attached hydrogens (tertiary/aromatic N) is 3. The molecule has 1 fully saturated rings. The molecule has 10 heteroatoms. The van der Waals surface area contributed by atoms with Crippen molar-refractivity contribution in [2.45, 2.75) is 24.7 Å². The predicted octanol–water partition coefficient (Wildman–Crippen LogP) is 2.71. The smallest absolute Gasteiger partial charge is 0.422 e. The molecule has 0 bridgehead atoms. The highest BCUT2D eigenvalue weighted by Crippen LogP contribution is 2.28. The van der Waals surface area contributed by atoms with Gasteiger partial charge in [0.2, 0.25) is 0 Å². The number of alkyl halides is 3. The molecule has 2 heterocycles. The summed E-state index contributed by atoms with van der Waals surface area (Å²) >= 11 is 0. The number of aromatic nitrogens is 2. The van der Waals surface area contributed by atoms with Crippen LogP contribution in [0, 0.1) is 0 Å². The van der Waals surface area contributed by atoms with Gasteiger partial charge in [-0.1, -0.05) is 6.07 Å². The van der Waals surface area contributed by atoms with E-state index >= 15 is 0 Å². The van der Waals surface area contributed by atoms with Crippen molar-refractivity contribution in [2.24, 2.45) is 5.73 Å². The highest BCUT2D eigenvalue weighted by Gasteiger charge is 2.32. The van der Waals surface area contributed by atoms with E-state index in [0.717, 1.165) is 6.42 Å². The Bertz CT molecular complexity index is 790. The lowest BCUT2D eigenvalue weighted by molar-refractivity contribution is -0.153. The first-order valence-electron chi connectivity index (χ1n) is 8.76. The number of ether oxygens (including phenoxy) is 2. The summed E-state index contributed by atoms with van der Waals surface area (Å²) < 4.78 is 47.1. The molecule has 2 atom stereocenters. The first-order chi connectivity index (χ1) is 13.4. The van der Waals surface area contributed by atoms with E-state index in [-0.39, 0.29) is 17.9 Å². The summed E-state index contributed by atoms with van der Waals surface area (Å²) in [5.74, 6) is 1.33. The number of methoxy groups -OCH3 is 1. The Hall–Kier alpha value is -2.59. The lowest BCUT2D eigenvalue weighted by Gasteiger charge is -2.24. The fourth-order valence-corrected chi connectivity index (χ4v) is 3.10. The minimum atomic E-state index is -4.39. The average molecular weight is 397 g/mol. The second-order valence-corrected chi connectivity index (χ2v) is 6.45. The van der Waals surface area contributed by atoms with Gasteiger partial charge in [-0.3, -0.25) is 0 Å². The number of nitrogens with one attached hydrogen (secondary N) is 1. The standard InChI is InChI=1S/C18H22F3N5O2/c1-27-15-6-13(8-22)26(9-15)17-7-16(23-11-24-17)25-12-3-2-4-14(5-12)28-10-18(19,20)21/h2-5,7,11,13,15H,6,8-10,22H2,1H3,(H,23,24,25)/t13-,15-/m0/s1. The van der Waals surface area contributed by atoms with Gasteiger partial charge in [0.1, 0.15) is 23.7 Å². The fourth-order valence-electron chi connectivity index (χ4n) is 3.10. The summed E-state index contributed by atoms with van der Waals surface area (Å²) in [5.41, 5.74) is 6.42. The van der Waals surface area contributed by atoms with E-state index in [9.17, 15) is 13.2 Å². The molecule has 0 saturated carbocycles. The van der Waals surface area contributed by atoms with Gasteiger partial charge < -0.3 is 25.4 Å². The maximum Gasteiger partial charge on any atom is 0.422 e. The van der Waals surface area contributed by atoms with Gasteiger partial charge >= 0.3 is 6.18 Å². The van der Waals surface area contributed by atoms with Crippen molar-refractivity contribution >= 4 is 17.3 Å². The van der Waals surface area contributed by atoms with E-state index < -0.39 is 12.8 Å². The molecule has 3 N–H and O–H groups in total. The molecule has 0 unspecified atom stereocenters. The molecule has 1 aliphatic rings. The van der Waals surface area contributed by atoms with Crippen LogP contribution in [0.25, 0.3) is 0 Å². The fraction of sp³-hybridized carbons (Fsp3) is 0.444. The summed E-state index contributed by atoms with van der Waals surface area (Å²) in [4.78, 5) is 10.6. The van der Waals surface area contributed by atoms with Crippen LogP contribution in [0.5, 0.6) is 5.75 Å². The zero-order chi connectivity index (χ0) is 20.1. The summed E-state index contributed by atoms with van der Waals surface area (Å²) in [6.45, 7) is -0.189. The molecule has 1 saturated heterocycles. The molecule has 3 rings (SSSR count). The Kier molecular flexibility index (Phi) is 6.20. The molecular formula is C18H22F3N5O2. The van der Waals surface area contributed by atoms with Crippen molar-refractivity contribution in [3.8, 4) is 5.75 Å². The second kappa shape index (κ2) is 8.61. The van der Waals surface area contributed by atoms with Crippen LogP contribution < -0.4 is 20.7 Å². The van der Waals surface area contributed by atoms with Crippen LogP contribution in [0.15, 0.2) is 36.7 Å².